The van der Waals surface area contributed by atoms with Gasteiger partial charge in [0, 0.05) is 24.6 Å². The normalized spacial score (nSPS) is 18.0. The second kappa shape index (κ2) is 9.18. The number of esters is 1. The lowest BCUT2D eigenvalue weighted by atomic mass is 10.0. The number of methoxy groups -OCH3 is 2. The van der Waals surface area contributed by atoms with Gasteiger partial charge in [-0.05, 0) is 48.6 Å². The molecule has 160 valence electrons. The van der Waals surface area contributed by atoms with E-state index in [1.807, 2.05) is 59.6 Å². The number of nitrogens with one attached hydrogen (secondary N) is 1. The average Bonchev–Trinajstić information content (AvgIpc) is 3.42. The van der Waals surface area contributed by atoms with Crippen molar-refractivity contribution in [1.82, 2.24) is 19.8 Å². The van der Waals surface area contributed by atoms with Crippen LogP contribution in [0.1, 0.15) is 29.9 Å². The first-order valence-corrected chi connectivity index (χ1v) is 10.4. The molecule has 2 aromatic heterocycles. The molecular weight excluding hydrogens is 412 g/mol. The quantitative estimate of drug-likeness (QED) is 0.450. The maximum absolute atomic E-state index is 11.8. The summed E-state index contributed by atoms with van der Waals surface area (Å²) in [7, 11) is 3.05. The van der Waals surface area contributed by atoms with Crippen LogP contribution in [0.3, 0.4) is 0 Å². The number of pyridine rings is 1. The highest BCUT2D eigenvalue weighted by Crippen LogP contribution is 2.40. The topological polar surface area (TPSA) is 68.6 Å². The monoisotopic (exact) mass is 436 g/mol. The van der Waals surface area contributed by atoms with Crippen LogP contribution >= 0.6 is 12.2 Å². The molecule has 1 aromatic carbocycles. The van der Waals surface area contributed by atoms with Crippen molar-refractivity contribution in [2.75, 3.05) is 20.8 Å². The Balaban J connectivity index is 1.79. The third-order valence-corrected chi connectivity index (χ3v) is 5.76. The Kier molecular flexibility index (Phi) is 6.18. The maximum atomic E-state index is 11.8. The summed E-state index contributed by atoms with van der Waals surface area (Å²) >= 11 is 5.67. The molecule has 0 saturated carbocycles. The lowest BCUT2D eigenvalue weighted by Crippen LogP contribution is -2.32. The Morgan fingerprint density at radius 2 is 1.94 bits per heavy atom. The highest BCUT2D eigenvalue weighted by Gasteiger charge is 2.41. The van der Waals surface area contributed by atoms with Crippen LogP contribution in [0, 0.1) is 0 Å². The molecule has 3 aromatic rings. The number of benzene rings is 1. The Labute approximate surface area is 186 Å². The van der Waals surface area contributed by atoms with Gasteiger partial charge in [-0.1, -0.05) is 18.2 Å². The molecule has 0 spiro atoms. The van der Waals surface area contributed by atoms with Crippen LogP contribution in [0.15, 0.2) is 67.0 Å². The molecule has 1 saturated heterocycles. The summed E-state index contributed by atoms with van der Waals surface area (Å²) in [5.41, 5.74) is 2.82. The molecule has 0 amide bonds. The number of ether oxygens (including phenoxy) is 2. The maximum Gasteiger partial charge on any atom is 0.307 e. The van der Waals surface area contributed by atoms with Gasteiger partial charge in [0.25, 0.3) is 0 Å². The van der Waals surface area contributed by atoms with Crippen LogP contribution in [0.4, 0.5) is 0 Å². The zero-order chi connectivity index (χ0) is 21.8. The van der Waals surface area contributed by atoms with Crippen molar-refractivity contribution in [2.45, 2.75) is 18.5 Å². The van der Waals surface area contributed by atoms with E-state index in [2.05, 4.69) is 20.9 Å². The molecule has 1 aliphatic rings. The number of rotatable bonds is 7. The van der Waals surface area contributed by atoms with E-state index >= 15 is 0 Å². The molecule has 0 radical (unpaired) electrons. The van der Waals surface area contributed by atoms with Crippen molar-refractivity contribution in [3.05, 3.63) is 78.4 Å². The van der Waals surface area contributed by atoms with Crippen LogP contribution < -0.4 is 10.1 Å². The molecule has 31 heavy (non-hydrogen) atoms. The van der Waals surface area contributed by atoms with Gasteiger partial charge in [0.05, 0.1) is 44.1 Å². The van der Waals surface area contributed by atoms with Crippen LogP contribution in [-0.4, -0.2) is 46.3 Å². The fourth-order valence-electron chi connectivity index (χ4n) is 3.96. The minimum absolute atomic E-state index is 0.172. The molecule has 1 fully saturated rings. The number of hydrogen-bond donors (Lipinski definition) is 1. The number of para-hydroxylation sites is 2. The summed E-state index contributed by atoms with van der Waals surface area (Å²) in [6.45, 7) is 0.434. The second-order valence-corrected chi connectivity index (χ2v) is 7.51. The molecule has 2 atom stereocenters. The fourth-order valence-corrected chi connectivity index (χ4v) is 4.30. The van der Waals surface area contributed by atoms with Gasteiger partial charge >= 0.3 is 5.97 Å². The summed E-state index contributed by atoms with van der Waals surface area (Å²) in [6.07, 6.45) is 4.01. The molecule has 3 heterocycles. The second-order valence-electron chi connectivity index (χ2n) is 7.12. The Morgan fingerprint density at radius 3 is 2.68 bits per heavy atom. The minimum Gasteiger partial charge on any atom is -0.495 e. The van der Waals surface area contributed by atoms with Crippen molar-refractivity contribution in [2.24, 2.45) is 0 Å². The fraction of sp³-hybridized carbons (Fsp3) is 0.261. The smallest absolute Gasteiger partial charge is 0.307 e. The van der Waals surface area contributed by atoms with Gasteiger partial charge in [0.2, 0.25) is 0 Å². The van der Waals surface area contributed by atoms with Gasteiger partial charge in [-0.2, -0.15) is 0 Å². The van der Waals surface area contributed by atoms with Crippen LogP contribution in [0.5, 0.6) is 5.75 Å². The van der Waals surface area contributed by atoms with Gasteiger partial charge < -0.3 is 24.3 Å². The third-order valence-electron chi connectivity index (χ3n) is 5.41. The number of hydrogen-bond acceptors (Lipinski definition) is 5. The summed E-state index contributed by atoms with van der Waals surface area (Å²) in [5.74, 6) is 0.493. The first-order chi connectivity index (χ1) is 15.1. The molecule has 0 aliphatic carbocycles. The molecule has 1 aliphatic heterocycles. The zero-order valence-corrected chi connectivity index (χ0v) is 18.2. The van der Waals surface area contributed by atoms with E-state index in [4.69, 9.17) is 21.7 Å². The van der Waals surface area contributed by atoms with Crippen LogP contribution in [-0.2, 0) is 9.53 Å². The molecular formula is C23H24N4O3S. The third kappa shape index (κ3) is 4.11. The summed E-state index contributed by atoms with van der Waals surface area (Å²) in [4.78, 5) is 18.4. The van der Waals surface area contributed by atoms with Crippen molar-refractivity contribution in [3.63, 3.8) is 0 Å². The summed E-state index contributed by atoms with van der Waals surface area (Å²) in [6, 6.07) is 17.4. The molecule has 1 N–H and O–H groups in total. The average molecular weight is 437 g/mol. The van der Waals surface area contributed by atoms with E-state index in [0.717, 1.165) is 22.8 Å². The lowest BCUT2D eigenvalue weighted by molar-refractivity contribution is -0.140. The van der Waals surface area contributed by atoms with E-state index in [1.165, 1.54) is 7.11 Å². The van der Waals surface area contributed by atoms with Crippen molar-refractivity contribution >= 4 is 23.3 Å². The first kappa shape index (κ1) is 20.9. The van der Waals surface area contributed by atoms with E-state index in [9.17, 15) is 4.79 Å². The zero-order valence-electron chi connectivity index (χ0n) is 17.4. The number of aromatic nitrogens is 2. The van der Waals surface area contributed by atoms with E-state index < -0.39 is 0 Å². The van der Waals surface area contributed by atoms with Crippen LogP contribution in [0.2, 0.25) is 0 Å². The Hall–Kier alpha value is -3.39. The predicted molar refractivity (Wildman–Crippen MR) is 121 cm³/mol. The van der Waals surface area contributed by atoms with Crippen molar-refractivity contribution in [1.29, 1.82) is 0 Å². The first-order valence-electron chi connectivity index (χ1n) is 9.99. The standard InChI is InChI=1S/C23H24N4O3S/c1-29-19-11-4-3-9-17(19)26-14-7-10-18(26)22-21(16-8-5-6-13-24-16)25-23(31)27(22)15-12-20(28)30-2/h3-11,13-14,21-22H,12,15H2,1-2H3,(H,25,31). The number of thiocarbonyl (C=S) groups is 1. The van der Waals surface area contributed by atoms with E-state index in [1.54, 1.807) is 13.3 Å². The van der Waals surface area contributed by atoms with Gasteiger partial charge in [-0.25, -0.2) is 0 Å². The minimum atomic E-state index is -0.275. The van der Waals surface area contributed by atoms with Gasteiger partial charge in [0.1, 0.15) is 5.75 Å². The SMILES string of the molecule is COC(=O)CCN1C(=S)NC(c2ccccn2)C1c1cccn1-c1ccccc1OC. The predicted octanol–water partition coefficient (Wildman–Crippen LogP) is 3.42. The van der Waals surface area contributed by atoms with Gasteiger partial charge in [-0.3, -0.25) is 9.78 Å². The number of carbonyl (C=O) groups is 1. The highest BCUT2D eigenvalue weighted by molar-refractivity contribution is 7.80. The van der Waals surface area contributed by atoms with Gasteiger partial charge in [0.15, 0.2) is 5.11 Å². The largest absolute Gasteiger partial charge is 0.495 e. The Bertz CT molecular complexity index is 1070. The highest BCUT2D eigenvalue weighted by atomic mass is 32.1. The van der Waals surface area contributed by atoms with E-state index in [0.29, 0.717) is 11.7 Å². The molecule has 0 bridgehead atoms. The van der Waals surface area contributed by atoms with Crippen molar-refractivity contribution < 1.29 is 14.3 Å². The Morgan fingerprint density at radius 1 is 1.13 bits per heavy atom. The molecule has 7 nitrogen and oxygen atoms in total. The van der Waals surface area contributed by atoms with Crippen LogP contribution in [0.25, 0.3) is 5.69 Å². The number of nitrogens with zero attached hydrogens (tertiary/aromatic N) is 3. The lowest BCUT2D eigenvalue weighted by Gasteiger charge is -2.29. The molecule has 4 rings (SSSR count). The molecule has 2 unspecified atom stereocenters. The summed E-state index contributed by atoms with van der Waals surface area (Å²) in [5, 5.41) is 3.99. The number of carbonyl (C=O) groups excluding carboxylic acids is 1. The van der Waals surface area contributed by atoms with Gasteiger partial charge in [-0.15, -0.1) is 0 Å². The van der Waals surface area contributed by atoms with Crippen molar-refractivity contribution in [3.8, 4) is 11.4 Å². The van der Waals surface area contributed by atoms with E-state index in [-0.39, 0.29) is 24.5 Å². The molecule has 8 heteroatoms. The summed E-state index contributed by atoms with van der Waals surface area (Å²) < 4.78 is 12.5.